The third-order valence-electron chi connectivity index (χ3n) is 6.57. The maximum absolute atomic E-state index is 14.0. The summed E-state index contributed by atoms with van der Waals surface area (Å²) in [4.78, 5) is 20.6. The molecule has 36 heavy (non-hydrogen) atoms. The van der Waals surface area contributed by atoms with Crippen molar-refractivity contribution in [2.45, 2.75) is 23.9 Å². The Hall–Kier alpha value is -3.18. The zero-order valence-corrected chi connectivity index (χ0v) is 20.1. The van der Waals surface area contributed by atoms with Crippen molar-refractivity contribution in [3.63, 3.8) is 0 Å². The van der Waals surface area contributed by atoms with Crippen LogP contribution in [0.3, 0.4) is 0 Å². The summed E-state index contributed by atoms with van der Waals surface area (Å²) in [7, 11) is -4.40. The first kappa shape index (κ1) is 24.5. The summed E-state index contributed by atoms with van der Waals surface area (Å²) in [5.74, 6) is 0.224. The molecule has 2 aromatic carbocycles. The van der Waals surface area contributed by atoms with Crippen LogP contribution < -0.4 is 4.72 Å². The number of hydrogen-bond acceptors (Lipinski definition) is 5. The van der Waals surface area contributed by atoms with Crippen LogP contribution in [0.2, 0.25) is 0 Å². The van der Waals surface area contributed by atoms with Crippen LogP contribution in [0.4, 0.5) is 18.9 Å². The van der Waals surface area contributed by atoms with Gasteiger partial charge in [0.2, 0.25) is 0 Å². The van der Waals surface area contributed by atoms with Gasteiger partial charge in [0, 0.05) is 49.9 Å². The number of pyridine rings is 1. The van der Waals surface area contributed by atoms with Crippen molar-refractivity contribution in [2.75, 3.05) is 37.4 Å². The molecule has 2 aliphatic rings. The van der Waals surface area contributed by atoms with E-state index in [0.717, 1.165) is 24.6 Å². The molecule has 1 saturated heterocycles. The molecular weight excluding hydrogens is 493 g/mol. The number of nitrogens with one attached hydrogen (secondary N) is 1. The fourth-order valence-corrected chi connectivity index (χ4v) is 5.74. The molecule has 1 aliphatic carbocycles. The van der Waals surface area contributed by atoms with Crippen LogP contribution in [0.5, 0.6) is 0 Å². The molecule has 0 spiro atoms. The third kappa shape index (κ3) is 5.17. The van der Waals surface area contributed by atoms with Gasteiger partial charge in [-0.15, -0.1) is 0 Å². The first-order valence-electron chi connectivity index (χ1n) is 11.7. The molecule has 2 heterocycles. The maximum Gasteiger partial charge on any atom is 0.418 e. The van der Waals surface area contributed by atoms with Crippen LogP contribution in [0.25, 0.3) is 10.9 Å². The number of aromatic nitrogens is 1. The quantitative estimate of drug-likeness (QED) is 0.529. The Bertz CT molecular complexity index is 1390. The highest BCUT2D eigenvalue weighted by molar-refractivity contribution is 7.93. The van der Waals surface area contributed by atoms with E-state index in [1.807, 2.05) is 0 Å². The van der Waals surface area contributed by atoms with Gasteiger partial charge in [-0.2, -0.15) is 13.2 Å². The summed E-state index contributed by atoms with van der Waals surface area (Å²) in [5.41, 5.74) is -1.86. The number of fused-ring (bicyclic) bond motifs is 1. The fourth-order valence-electron chi connectivity index (χ4n) is 4.48. The van der Waals surface area contributed by atoms with Crippen LogP contribution in [0.1, 0.15) is 28.8 Å². The molecule has 1 aromatic heterocycles. The summed E-state index contributed by atoms with van der Waals surface area (Å²) in [6.07, 6.45) is -1.01. The Kier molecular flexibility index (Phi) is 6.37. The highest BCUT2D eigenvalue weighted by Gasteiger charge is 2.36. The van der Waals surface area contributed by atoms with E-state index in [9.17, 15) is 26.4 Å². The van der Waals surface area contributed by atoms with Crippen molar-refractivity contribution in [3.8, 4) is 0 Å². The summed E-state index contributed by atoms with van der Waals surface area (Å²) in [6, 6.07) is 10.7. The average Bonchev–Trinajstić information content (AvgIpc) is 3.67. The minimum absolute atomic E-state index is 0.132. The van der Waals surface area contributed by atoms with E-state index in [-0.39, 0.29) is 16.0 Å². The van der Waals surface area contributed by atoms with Gasteiger partial charge in [-0.3, -0.25) is 19.4 Å². The number of benzene rings is 2. The lowest BCUT2D eigenvalue weighted by Gasteiger charge is -2.35. The molecule has 1 N–H and O–H groups in total. The number of hydrogen-bond donors (Lipinski definition) is 1. The molecule has 11 heteroatoms. The van der Waals surface area contributed by atoms with E-state index in [1.54, 1.807) is 23.1 Å². The van der Waals surface area contributed by atoms with Crippen molar-refractivity contribution in [3.05, 3.63) is 65.9 Å². The van der Waals surface area contributed by atoms with Gasteiger partial charge in [0.15, 0.2) is 0 Å². The molecule has 190 valence electrons. The molecule has 0 atom stereocenters. The zero-order valence-electron chi connectivity index (χ0n) is 19.3. The third-order valence-corrected chi connectivity index (χ3v) is 7.97. The van der Waals surface area contributed by atoms with Gasteiger partial charge in [0.05, 0.1) is 16.8 Å². The topological polar surface area (TPSA) is 82.6 Å². The van der Waals surface area contributed by atoms with E-state index >= 15 is 0 Å². The number of anilines is 1. The molecule has 0 bridgehead atoms. The summed E-state index contributed by atoms with van der Waals surface area (Å²) in [5, 5.41) is 0.537. The van der Waals surface area contributed by atoms with Crippen molar-refractivity contribution in [2.24, 2.45) is 5.92 Å². The molecular formula is C25H25F3N4O3S. The van der Waals surface area contributed by atoms with Crippen LogP contribution in [-0.4, -0.2) is 61.8 Å². The first-order chi connectivity index (χ1) is 17.1. The molecule has 5 rings (SSSR count). The molecule has 1 amide bonds. The van der Waals surface area contributed by atoms with E-state index in [4.69, 9.17) is 0 Å². The maximum atomic E-state index is 14.0. The average molecular weight is 519 g/mol. The number of nitrogens with zero attached hydrogens (tertiary/aromatic N) is 3. The fraction of sp³-hybridized carbons (Fsp3) is 0.360. The van der Waals surface area contributed by atoms with Gasteiger partial charge >= 0.3 is 6.18 Å². The van der Waals surface area contributed by atoms with Crippen LogP contribution in [0, 0.1) is 5.92 Å². The lowest BCUT2D eigenvalue weighted by atomic mass is 10.1. The van der Waals surface area contributed by atoms with Crippen molar-refractivity contribution >= 4 is 32.5 Å². The normalized spacial score (nSPS) is 17.4. The number of piperazine rings is 1. The van der Waals surface area contributed by atoms with E-state index < -0.39 is 33.4 Å². The minimum atomic E-state index is -4.88. The Labute approximate surface area is 207 Å². The highest BCUT2D eigenvalue weighted by atomic mass is 32.2. The monoisotopic (exact) mass is 518 g/mol. The number of para-hydroxylation sites is 1. The van der Waals surface area contributed by atoms with Gasteiger partial charge in [-0.25, -0.2) is 8.42 Å². The van der Waals surface area contributed by atoms with Gasteiger partial charge in [0.25, 0.3) is 15.9 Å². The molecule has 0 radical (unpaired) electrons. The SMILES string of the molecule is O=C(c1ccc(NS(=O)(=O)c2cccc3cccnc23)c(C(F)(F)F)c1)N1CCN(CC2CC2)CC1. The largest absolute Gasteiger partial charge is 0.418 e. The highest BCUT2D eigenvalue weighted by Crippen LogP contribution is 2.37. The Morgan fingerprint density at radius 1 is 1.03 bits per heavy atom. The van der Waals surface area contributed by atoms with E-state index in [2.05, 4.69) is 14.6 Å². The second-order valence-electron chi connectivity index (χ2n) is 9.23. The number of carbonyl (C=O) groups is 1. The number of amides is 1. The first-order valence-corrected chi connectivity index (χ1v) is 13.2. The molecule has 1 saturated carbocycles. The summed E-state index contributed by atoms with van der Waals surface area (Å²) < 4.78 is 70.1. The number of halogens is 3. The van der Waals surface area contributed by atoms with Crippen molar-refractivity contribution < 1.29 is 26.4 Å². The van der Waals surface area contributed by atoms with E-state index in [1.165, 1.54) is 37.2 Å². The van der Waals surface area contributed by atoms with Gasteiger partial charge in [-0.1, -0.05) is 18.2 Å². The lowest BCUT2D eigenvalue weighted by Crippen LogP contribution is -2.49. The number of rotatable bonds is 6. The van der Waals surface area contributed by atoms with Crippen molar-refractivity contribution in [1.29, 1.82) is 0 Å². The molecule has 0 unspecified atom stereocenters. The molecule has 2 fully saturated rings. The zero-order chi connectivity index (χ0) is 25.5. The Morgan fingerprint density at radius 2 is 1.75 bits per heavy atom. The van der Waals surface area contributed by atoms with Gasteiger partial charge in [0.1, 0.15) is 4.90 Å². The second-order valence-corrected chi connectivity index (χ2v) is 10.9. The van der Waals surface area contributed by atoms with Gasteiger partial charge in [-0.05, 0) is 49.1 Å². The Morgan fingerprint density at radius 3 is 2.44 bits per heavy atom. The Balaban J connectivity index is 1.39. The van der Waals surface area contributed by atoms with Gasteiger partial charge < -0.3 is 4.90 Å². The number of alkyl halides is 3. The predicted molar refractivity (Wildman–Crippen MR) is 129 cm³/mol. The predicted octanol–water partition coefficient (Wildman–Crippen LogP) is 4.22. The van der Waals surface area contributed by atoms with Crippen LogP contribution in [-0.2, 0) is 16.2 Å². The lowest BCUT2D eigenvalue weighted by molar-refractivity contribution is -0.136. The van der Waals surface area contributed by atoms with E-state index in [0.29, 0.717) is 31.6 Å². The number of sulfonamides is 1. The van der Waals surface area contributed by atoms with Crippen molar-refractivity contribution in [1.82, 2.24) is 14.8 Å². The van der Waals surface area contributed by atoms with Crippen LogP contribution >= 0.6 is 0 Å². The van der Waals surface area contributed by atoms with Crippen LogP contribution in [0.15, 0.2) is 59.6 Å². The standard InChI is InChI=1S/C25H25F3N4O3S/c26-25(27,28)20-15-19(24(33)32-13-11-31(12-14-32)16-17-6-7-17)8-9-21(20)30-36(34,35)22-5-1-3-18-4-2-10-29-23(18)22/h1-5,8-10,15,17,30H,6-7,11-14,16H2. The molecule has 7 nitrogen and oxygen atoms in total. The molecule has 3 aromatic rings. The number of carbonyl (C=O) groups excluding carboxylic acids is 1. The smallest absolute Gasteiger partial charge is 0.336 e. The second kappa shape index (κ2) is 9.36. The summed E-state index contributed by atoms with van der Waals surface area (Å²) >= 11 is 0. The molecule has 1 aliphatic heterocycles. The summed E-state index contributed by atoms with van der Waals surface area (Å²) in [6.45, 7) is 3.25. The minimum Gasteiger partial charge on any atom is -0.336 e.